The minimum Gasteiger partial charge on any atom is -0.481 e. The molecular weight excluding hydrogens is 350 g/mol. The highest BCUT2D eigenvalue weighted by Crippen LogP contribution is 2.24. The lowest BCUT2D eigenvalue weighted by atomic mass is 10.1. The van der Waals surface area contributed by atoms with Gasteiger partial charge in [0, 0.05) is 30.4 Å². The van der Waals surface area contributed by atoms with Gasteiger partial charge in [0.2, 0.25) is 0 Å². The summed E-state index contributed by atoms with van der Waals surface area (Å²) in [6, 6.07) is 18.6. The highest BCUT2D eigenvalue weighted by atomic mass is 16.4. The van der Waals surface area contributed by atoms with Crippen molar-refractivity contribution in [2.45, 2.75) is 26.9 Å². The van der Waals surface area contributed by atoms with E-state index in [0.717, 1.165) is 16.8 Å². The van der Waals surface area contributed by atoms with Crippen LogP contribution in [0, 0.1) is 12.8 Å². The average Bonchev–Trinajstić information content (AvgIpc) is 3.05. The summed E-state index contributed by atoms with van der Waals surface area (Å²) in [4.78, 5) is 13.2. The number of aliphatic carboxylic acids is 1. The highest BCUT2D eigenvalue weighted by Gasteiger charge is 2.17. The Morgan fingerprint density at radius 3 is 2.46 bits per heavy atom. The van der Waals surface area contributed by atoms with Crippen LogP contribution in [0.5, 0.6) is 0 Å². The van der Waals surface area contributed by atoms with Gasteiger partial charge in [-0.25, -0.2) is 0 Å². The van der Waals surface area contributed by atoms with Crippen molar-refractivity contribution in [3.05, 3.63) is 77.5 Å². The van der Waals surface area contributed by atoms with Gasteiger partial charge in [-0.2, -0.15) is 5.10 Å². The van der Waals surface area contributed by atoms with E-state index in [1.165, 1.54) is 11.1 Å². The van der Waals surface area contributed by atoms with E-state index in [0.29, 0.717) is 19.6 Å². The fourth-order valence-corrected chi connectivity index (χ4v) is 3.29. The van der Waals surface area contributed by atoms with Gasteiger partial charge in [-0.15, -0.1) is 0 Å². The number of carboxylic acids is 1. The number of carbonyl (C=O) groups is 1. The molecule has 1 aromatic heterocycles. The zero-order valence-electron chi connectivity index (χ0n) is 16.7. The van der Waals surface area contributed by atoms with E-state index in [2.05, 4.69) is 49.5 Å². The van der Waals surface area contributed by atoms with Crippen molar-refractivity contribution in [3.8, 4) is 11.3 Å². The second-order valence-electron chi connectivity index (χ2n) is 7.49. The molecule has 0 amide bonds. The maximum atomic E-state index is 11.2. The van der Waals surface area contributed by atoms with Crippen LogP contribution in [0.2, 0.25) is 0 Å². The van der Waals surface area contributed by atoms with E-state index in [1.807, 2.05) is 34.8 Å². The average molecular weight is 377 g/mol. The Hall–Kier alpha value is -2.92. The molecule has 3 aromatic rings. The molecule has 0 fully saturated rings. The van der Waals surface area contributed by atoms with E-state index >= 15 is 0 Å². The number of nitrogens with zero attached hydrogens (tertiary/aromatic N) is 3. The predicted octanol–water partition coefficient (Wildman–Crippen LogP) is 4.06. The van der Waals surface area contributed by atoms with Crippen LogP contribution >= 0.6 is 0 Å². The Bertz CT molecular complexity index is 917. The maximum Gasteiger partial charge on any atom is 0.307 e. The number of hydrogen-bond donors (Lipinski definition) is 1. The quantitative estimate of drug-likeness (QED) is 0.643. The van der Waals surface area contributed by atoms with Gasteiger partial charge in [0.1, 0.15) is 0 Å². The van der Waals surface area contributed by atoms with Crippen molar-refractivity contribution in [3.63, 3.8) is 0 Å². The molecule has 1 atom stereocenters. The predicted molar refractivity (Wildman–Crippen MR) is 111 cm³/mol. The Kier molecular flexibility index (Phi) is 6.26. The number of hydrogen-bond acceptors (Lipinski definition) is 3. The van der Waals surface area contributed by atoms with Gasteiger partial charge in [-0.1, -0.05) is 67.1 Å². The van der Waals surface area contributed by atoms with Crippen molar-refractivity contribution in [2.24, 2.45) is 5.92 Å². The van der Waals surface area contributed by atoms with Gasteiger partial charge in [-0.05, 0) is 19.5 Å². The fraction of sp³-hybridized carbons (Fsp3) is 0.304. The van der Waals surface area contributed by atoms with Crippen molar-refractivity contribution >= 4 is 5.97 Å². The van der Waals surface area contributed by atoms with Crippen LogP contribution in [0.3, 0.4) is 0 Å². The number of aryl methyl sites for hydroxylation is 1. The van der Waals surface area contributed by atoms with E-state index < -0.39 is 11.9 Å². The Labute approximate surface area is 166 Å². The lowest BCUT2D eigenvalue weighted by Crippen LogP contribution is -2.28. The zero-order valence-corrected chi connectivity index (χ0v) is 16.7. The molecule has 1 unspecified atom stereocenters. The molecule has 0 aliphatic rings. The molecule has 0 radical (unpaired) electrons. The van der Waals surface area contributed by atoms with Crippen LogP contribution in [-0.4, -0.2) is 39.3 Å². The van der Waals surface area contributed by atoms with Gasteiger partial charge in [0.15, 0.2) is 0 Å². The lowest BCUT2D eigenvalue weighted by molar-refractivity contribution is -0.141. The van der Waals surface area contributed by atoms with Gasteiger partial charge >= 0.3 is 5.97 Å². The third-order valence-corrected chi connectivity index (χ3v) is 4.80. The van der Waals surface area contributed by atoms with Crippen molar-refractivity contribution in [1.29, 1.82) is 0 Å². The Morgan fingerprint density at radius 1 is 1.14 bits per heavy atom. The molecule has 28 heavy (non-hydrogen) atoms. The molecule has 5 heteroatoms. The smallest absolute Gasteiger partial charge is 0.307 e. The summed E-state index contributed by atoms with van der Waals surface area (Å²) < 4.78 is 1.97. The molecule has 0 aliphatic heterocycles. The Balaban J connectivity index is 1.87. The zero-order chi connectivity index (χ0) is 20.1. The van der Waals surface area contributed by atoms with Crippen LogP contribution in [0.15, 0.2) is 60.8 Å². The summed E-state index contributed by atoms with van der Waals surface area (Å²) in [5.41, 5.74) is 5.53. The van der Waals surface area contributed by atoms with E-state index in [-0.39, 0.29) is 0 Å². The summed E-state index contributed by atoms with van der Waals surface area (Å²) in [7, 11) is 1.95. The van der Waals surface area contributed by atoms with E-state index in [9.17, 15) is 9.90 Å². The number of carboxylic acid groups (broad SMARTS) is 1. The topological polar surface area (TPSA) is 58.4 Å². The fourth-order valence-electron chi connectivity index (χ4n) is 3.29. The normalized spacial score (nSPS) is 12.3. The van der Waals surface area contributed by atoms with Crippen LogP contribution < -0.4 is 0 Å². The first-order valence-electron chi connectivity index (χ1n) is 9.51. The monoisotopic (exact) mass is 377 g/mol. The SMILES string of the molecule is Cc1ccc(-c2nn(Cc3ccccc3)cc2CN(C)CC(C)C(=O)O)cc1. The van der Waals surface area contributed by atoms with Crippen LogP contribution in [0.4, 0.5) is 0 Å². The first-order chi connectivity index (χ1) is 13.4. The summed E-state index contributed by atoms with van der Waals surface area (Å²) in [5.74, 6) is -1.18. The first-order valence-corrected chi connectivity index (χ1v) is 9.51. The third kappa shape index (κ3) is 5.08. The van der Waals surface area contributed by atoms with Crippen molar-refractivity contribution < 1.29 is 9.90 Å². The maximum absolute atomic E-state index is 11.2. The number of benzene rings is 2. The minimum atomic E-state index is -0.773. The van der Waals surface area contributed by atoms with E-state index in [4.69, 9.17) is 5.10 Å². The van der Waals surface area contributed by atoms with Crippen LogP contribution in [0.1, 0.15) is 23.6 Å². The molecule has 146 valence electrons. The minimum absolute atomic E-state index is 0.410. The summed E-state index contributed by atoms with van der Waals surface area (Å²) in [6.07, 6.45) is 2.07. The largest absolute Gasteiger partial charge is 0.481 e. The van der Waals surface area contributed by atoms with Gasteiger partial charge in [-0.3, -0.25) is 9.48 Å². The molecule has 0 spiro atoms. The summed E-state index contributed by atoms with van der Waals surface area (Å²) in [6.45, 7) is 5.65. The van der Waals surface area contributed by atoms with Crippen molar-refractivity contribution in [1.82, 2.24) is 14.7 Å². The molecule has 1 N–H and O–H groups in total. The molecule has 5 nitrogen and oxygen atoms in total. The summed E-state index contributed by atoms with van der Waals surface area (Å²) in [5, 5.41) is 14.0. The second-order valence-corrected chi connectivity index (χ2v) is 7.49. The molecular formula is C23H27N3O2. The highest BCUT2D eigenvalue weighted by molar-refractivity contribution is 5.69. The van der Waals surface area contributed by atoms with Crippen molar-refractivity contribution in [2.75, 3.05) is 13.6 Å². The first kappa shape index (κ1) is 19.8. The molecule has 3 rings (SSSR count). The molecule has 1 heterocycles. The lowest BCUT2D eigenvalue weighted by Gasteiger charge is -2.18. The molecule has 0 aliphatic carbocycles. The molecule has 0 bridgehead atoms. The van der Waals surface area contributed by atoms with Gasteiger partial charge in [0.25, 0.3) is 0 Å². The molecule has 0 saturated heterocycles. The number of aromatic nitrogens is 2. The van der Waals surface area contributed by atoms with Crippen LogP contribution in [-0.2, 0) is 17.9 Å². The number of rotatable bonds is 8. The second kappa shape index (κ2) is 8.85. The molecule has 0 saturated carbocycles. The standard InChI is InChI=1S/C23H27N3O2/c1-17-9-11-20(12-10-17)22-21(15-25(3)13-18(2)23(27)28)16-26(24-22)14-19-7-5-4-6-8-19/h4-12,16,18H,13-15H2,1-3H3,(H,27,28). The van der Waals surface area contributed by atoms with Crippen LogP contribution in [0.25, 0.3) is 11.3 Å². The molecule has 2 aromatic carbocycles. The van der Waals surface area contributed by atoms with Gasteiger partial charge < -0.3 is 10.0 Å². The third-order valence-electron chi connectivity index (χ3n) is 4.80. The van der Waals surface area contributed by atoms with E-state index in [1.54, 1.807) is 6.92 Å². The van der Waals surface area contributed by atoms with Gasteiger partial charge in [0.05, 0.1) is 18.2 Å². The summed E-state index contributed by atoms with van der Waals surface area (Å²) >= 11 is 0. The Morgan fingerprint density at radius 2 is 1.82 bits per heavy atom.